The molecule has 1 atom stereocenters. The quantitative estimate of drug-likeness (QED) is 0.846. The van der Waals surface area contributed by atoms with Crippen LogP contribution >= 0.6 is 0 Å². The molecule has 2 aromatic rings. The zero-order valence-corrected chi connectivity index (χ0v) is 17.7. The molecule has 2 heterocycles. The van der Waals surface area contributed by atoms with Gasteiger partial charge < -0.3 is 15.1 Å². The third-order valence-corrected chi connectivity index (χ3v) is 5.71. The van der Waals surface area contributed by atoms with Crippen molar-refractivity contribution >= 4 is 17.5 Å². The molecule has 0 bridgehead atoms. The number of benzene rings is 1. The molecule has 154 valence electrons. The normalized spacial score (nSPS) is 15.2. The summed E-state index contributed by atoms with van der Waals surface area (Å²) in [4.78, 5) is 33.6. The van der Waals surface area contributed by atoms with Gasteiger partial charge in [0.2, 0.25) is 0 Å². The first-order valence-corrected chi connectivity index (χ1v) is 10.3. The van der Waals surface area contributed by atoms with Crippen LogP contribution in [0.1, 0.15) is 52.2 Å². The number of aryl methyl sites for hydroxylation is 1. The maximum absolute atomic E-state index is 13.0. The second kappa shape index (κ2) is 9.07. The van der Waals surface area contributed by atoms with E-state index in [9.17, 15) is 9.59 Å². The topological polar surface area (TPSA) is 65.5 Å². The summed E-state index contributed by atoms with van der Waals surface area (Å²) in [5.74, 6) is -0.292. The molecule has 1 saturated heterocycles. The van der Waals surface area contributed by atoms with E-state index in [1.807, 2.05) is 18.7 Å². The fourth-order valence-corrected chi connectivity index (χ4v) is 3.50. The Balaban J connectivity index is 1.66. The lowest BCUT2D eigenvalue weighted by Crippen LogP contribution is -2.49. The van der Waals surface area contributed by atoms with Crippen molar-refractivity contribution in [3.05, 3.63) is 58.9 Å². The zero-order chi connectivity index (χ0) is 21.0. The molecule has 0 aliphatic carbocycles. The average molecular weight is 395 g/mol. The van der Waals surface area contributed by atoms with Gasteiger partial charge in [-0.25, -0.2) is 0 Å². The number of carbonyl (C=O) groups excluding carboxylic acids is 2. The predicted molar refractivity (Wildman–Crippen MR) is 115 cm³/mol. The van der Waals surface area contributed by atoms with E-state index in [0.29, 0.717) is 18.7 Å². The molecule has 0 saturated carbocycles. The van der Waals surface area contributed by atoms with Crippen molar-refractivity contribution in [1.29, 1.82) is 0 Å². The second-order valence-corrected chi connectivity index (χ2v) is 7.71. The van der Waals surface area contributed by atoms with Crippen molar-refractivity contribution in [2.45, 2.75) is 40.2 Å². The van der Waals surface area contributed by atoms with Crippen LogP contribution in [-0.4, -0.2) is 53.9 Å². The molecule has 6 nitrogen and oxygen atoms in total. The number of nitrogens with zero attached hydrogens (tertiary/aromatic N) is 3. The van der Waals surface area contributed by atoms with Gasteiger partial charge in [-0.2, -0.15) is 0 Å². The highest BCUT2D eigenvalue weighted by Gasteiger charge is 2.24. The van der Waals surface area contributed by atoms with Crippen LogP contribution in [0.25, 0.3) is 0 Å². The molecule has 0 spiro atoms. The number of nitrogens with one attached hydrogen (secondary N) is 1. The van der Waals surface area contributed by atoms with Gasteiger partial charge in [0.15, 0.2) is 0 Å². The molecule has 0 radical (unpaired) electrons. The molecular weight excluding hydrogens is 364 g/mol. The van der Waals surface area contributed by atoms with Gasteiger partial charge in [0, 0.05) is 49.7 Å². The minimum atomic E-state index is -0.242. The molecular formula is C23H30N4O2. The van der Waals surface area contributed by atoms with Crippen molar-refractivity contribution < 1.29 is 9.59 Å². The number of carbonyl (C=O) groups is 2. The van der Waals surface area contributed by atoms with Crippen molar-refractivity contribution in [1.82, 2.24) is 15.2 Å². The number of rotatable bonds is 5. The minimum absolute atomic E-state index is 0.0504. The number of aromatic nitrogens is 1. The Morgan fingerprint density at radius 3 is 2.55 bits per heavy atom. The van der Waals surface area contributed by atoms with E-state index in [2.05, 4.69) is 47.2 Å². The zero-order valence-electron chi connectivity index (χ0n) is 17.7. The van der Waals surface area contributed by atoms with Gasteiger partial charge in [-0.3, -0.25) is 14.6 Å². The third kappa shape index (κ3) is 4.75. The minimum Gasteiger partial charge on any atom is -0.368 e. The third-order valence-electron chi connectivity index (χ3n) is 5.71. The Hall–Kier alpha value is -2.89. The number of amides is 2. The second-order valence-electron chi connectivity index (χ2n) is 7.71. The van der Waals surface area contributed by atoms with Gasteiger partial charge >= 0.3 is 0 Å². The maximum atomic E-state index is 13.0. The van der Waals surface area contributed by atoms with Crippen LogP contribution in [0.2, 0.25) is 0 Å². The summed E-state index contributed by atoms with van der Waals surface area (Å²) < 4.78 is 0. The summed E-state index contributed by atoms with van der Waals surface area (Å²) in [6.45, 7) is 11.1. The first kappa shape index (κ1) is 20.8. The summed E-state index contributed by atoms with van der Waals surface area (Å²) >= 11 is 0. The first-order chi connectivity index (χ1) is 13.9. The fraction of sp³-hybridized carbons (Fsp3) is 0.435. The largest absolute Gasteiger partial charge is 0.368 e. The number of hydrogen-bond acceptors (Lipinski definition) is 4. The van der Waals surface area contributed by atoms with E-state index in [0.717, 1.165) is 19.5 Å². The van der Waals surface area contributed by atoms with Gasteiger partial charge in [-0.15, -0.1) is 0 Å². The molecule has 1 N–H and O–H groups in total. The lowest BCUT2D eigenvalue weighted by atomic mass is 10.1. The molecule has 29 heavy (non-hydrogen) atoms. The molecule has 1 unspecified atom stereocenters. The van der Waals surface area contributed by atoms with E-state index in [1.54, 1.807) is 12.1 Å². The molecule has 3 rings (SSSR count). The van der Waals surface area contributed by atoms with Crippen molar-refractivity contribution in [2.24, 2.45) is 0 Å². The molecule has 1 aromatic heterocycles. The molecule has 2 amide bonds. The lowest BCUT2D eigenvalue weighted by molar-refractivity contribution is 0.0746. The van der Waals surface area contributed by atoms with Crippen LogP contribution in [0.5, 0.6) is 0 Å². The van der Waals surface area contributed by atoms with Gasteiger partial charge in [0.25, 0.3) is 11.8 Å². The van der Waals surface area contributed by atoms with Gasteiger partial charge in [0.05, 0.1) is 0 Å². The Bertz CT molecular complexity index is 888. The van der Waals surface area contributed by atoms with Crippen LogP contribution in [0.15, 0.2) is 36.5 Å². The molecule has 1 aliphatic rings. The van der Waals surface area contributed by atoms with E-state index < -0.39 is 0 Å². The maximum Gasteiger partial charge on any atom is 0.270 e. The van der Waals surface area contributed by atoms with Gasteiger partial charge in [-0.05, 0) is 56.5 Å². The molecule has 1 aromatic carbocycles. The van der Waals surface area contributed by atoms with Crippen molar-refractivity contribution in [3.8, 4) is 0 Å². The highest BCUT2D eigenvalue weighted by atomic mass is 16.2. The number of anilines is 1. The standard InChI is InChI=1S/C23H30N4O2/c1-5-17(3)25-22(28)20-15-19(9-10-24-20)23(29)27-13-11-26(12-14-27)21-8-6-7-16(2)18(21)4/h6-10,15,17H,5,11-14H2,1-4H3,(H,25,28). The number of hydrogen-bond donors (Lipinski definition) is 1. The Labute approximate surface area is 172 Å². The van der Waals surface area contributed by atoms with E-state index >= 15 is 0 Å². The fourth-order valence-electron chi connectivity index (χ4n) is 3.50. The molecule has 1 aliphatic heterocycles. The predicted octanol–water partition coefficient (Wildman–Crippen LogP) is 3.19. The van der Waals surface area contributed by atoms with Crippen LogP contribution < -0.4 is 10.2 Å². The first-order valence-electron chi connectivity index (χ1n) is 10.3. The highest BCUT2D eigenvalue weighted by Crippen LogP contribution is 2.24. The summed E-state index contributed by atoms with van der Waals surface area (Å²) in [5.41, 5.74) is 4.60. The van der Waals surface area contributed by atoms with Crippen molar-refractivity contribution in [2.75, 3.05) is 31.1 Å². The highest BCUT2D eigenvalue weighted by molar-refractivity contribution is 5.98. The van der Waals surface area contributed by atoms with E-state index in [1.165, 1.54) is 23.0 Å². The summed E-state index contributed by atoms with van der Waals surface area (Å²) in [5, 5.41) is 2.89. The van der Waals surface area contributed by atoms with Crippen LogP contribution in [0.3, 0.4) is 0 Å². The number of piperazine rings is 1. The molecule has 1 fully saturated rings. The SMILES string of the molecule is CCC(C)NC(=O)c1cc(C(=O)N2CCN(c3cccc(C)c3C)CC2)ccn1. The summed E-state index contributed by atoms with van der Waals surface area (Å²) in [7, 11) is 0. The Kier molecular flexibility index (Phi) is 6.52. The number of pyridine rings is 1. The monoisotopic (exact) mass is 394 g/mol. The Morgan fingerprint density at radius 1 is 1.14 bits per heavy atom. The van der Waals surface area contributed by atoms with Gasteiger partial charge in [-0.1, -0.05) is 19.1 Å². The molecule has 6 heteroatoms. The lowest BCUT2D eigenvalue weighted by Gasteiger charge is -2.37. The van der Waals surface area contributed by atoms with E-state index in [-0.39, 0.29) is 23.6 Å². The Morgan fingerprint density at radius 2 is 1.86 bits per heavy atom. The van der Waals surface area contributed by atoms with Crippen molar-refractivity contribution in [3.63, 3.8) is 0 Å². The van der Waals surface area contributed by atoms with Crippen LogP contribution in [0, 0.1) is 13.8 Å². The van der Waals surface area contributed by atoms with Crippen LogP contribution in [0.4, 0.5) is 5.69 Å². The van der Waals surface area contributed by atoms with Crippen LogP contribution in [-0.2, 0) is 0 Å². The van der Waals surface area contributed by atoms with E-state index in [4.69, 9.17) is 0 Å². The summed E-state index contributed by atoms with van der Waals surface area (Å²) in [6.07, 6.45) is 2.38. The summed E-state index contributed by atoms with van der Waals surface area (Å²) in [6, 6.07) is 9.69. The van der Waals surface area contributed by atoms with Gasteiger partial charge in [0.1, 0.15) is 5.69 Å². The smallest absolute Gasteiger partial charge is 0.270 e. The average Bonchev–Trinajstić information content (AvgIpc) is 2.75.